The zero-order valence-electron chi connectivity index (χ0n) is 25.4. The van der Waals surface area contributed by atoms with Crippen molar-refractivity contribution < 1.29 is 24.2 Å². The predicted octanol–water partition coefficient (Wildman–Crippen LogP) is 5.57. The molecule has 1 N–H and O–H groups in total. The average Bonchev–Trinajstić information content (AvgIpc) is 3.27. The number of rotatable bonds is 9. The summed E-state index contributed by atoms with van der Waals surface area (Å²) in [6.45, 7) is 9.62. The molecule has 0 aliphatic heterocycles. The maximum Gasteiger partial charge on any atom is 0.410 e. The van der Waals surface area contributed by atoms with E-state index in [0.717, 1.165) is 22.3 Å². The molecule has 1 amide bonds. The highest BCUT2D eigenvalue weighted by molar-refractivity contribution is 5.92. The van der Waals surface area contributed by atoms with Gasteiger partial charge in [-0.05, 0) is 58.4 Å². The van der Waals surface area contributed by atoms with Gasteiger partial charge in [-0.2, -0.15) is 10.2 Å². The van der Waals surface area contributed by atoms with Crippen LogP contribution in [0.3, 0.4) is 0 Å². The molecule has 0 fully saturated rings. The minimum absolute atomic E-state index is 0.0780. The van der Waals surface area contributed by atoms with Gasteiger partial charge in [0.2, 0.25) is 0 Å². The Bertz CT molecular complexity index is 1590. The molecular formula is C31H38N6O5. The Kier molecular flexibility index (Phi) is 8.70. The van der Waals surface area contributed by atoms with Crippen LogP contribution in [0.5, 0.6) is 5.75 Å². The fourth-order valence-electron chi connectivity index (χ4n) is 4.62. The third kappa shape index (κ3) is 6.62. The van der Waals surface area contributed by atoms with Crippen LogP contribution in [0.2, 0.25) is 0 Å². The largest absolute Gasteiger partial charge is 0.483 e. The molecule has 0 saturated heterocycles. The number of anilines is 1. The average molecular weight is 575 g/mol. The zero-order chi connectivity index (χ0) is 30.8. The third-order valence-corrected chi connectivity index (χ3v) is 6.72. The summed E-state index contributed by atoms with van der Waals surface area (Å²) >= 11 is 0. The fraction of sp³-hybridized carbons (Fsp3) is 0.387. The summed E-state index contributed by atoms with van der Waals surface area (Å²) < 4.78 is 13.9. The van der Waals surface area contributed by atoms with Gasteiger partial charge in [0.15, 0.2) is 5.82 Å². The molecule has 0 spiro atoms. The third-order valence-electron chi connectivity index (χ3n) is 6.72. The van der Waals surface area contributed by atoms with Gasteiger partial charge in [-0.3, -0.25) is 0 Å². The van der Waals surface area contributed by atoms with Gasteiger partial charge in [-0.1, -0.05) is 30.3 Å². The quantitative estimate of drug-likeness (QED) is 0.273. The number of aromatic nitrogens is 4. The van der Waals surface area contributed by atoms with Gasteiger partial charge >= 0.3 is 12.1 Å². The molecule has 4 aromatic rings. The van der Waals surface area contributed by atoms with Crippen LogP contribution in [-0.4, -0.2) is 75.3 Å². The number of carboxylic acid groups (broad SMARTS) is 1. The summed E-state index contributed by atoms with van der Waals surface area (Å²) in [5, 5.41) is 24.2. The van der Waals surface area contributed by atoms with E-state index in [2.05, 4.69) is 10.2 Å². The standard InChI is InChI=1S/C31H38N6O5/c1-19-26-20(2)37(34-27(26)28(33-32-19)35(6)7)23-15-14-22(29(38)39)18-25(23)41-24(21-12-10-9-11-13-21)16-17-36(8)30(40)42-31(3,4)5/h9-15,18,24H,16-17H2,1-8H3,(H,38,39). The fourth-order valence-corrected chi connectivity index (χ4v) is 4.62. The minimum Gasteiger partial charge on any atom is -0.483 e. The van der Waals surface area contributed by atoms with Crippen molar-refractivity contribution in [3.8, 4) is 11.4 Å². The second kappa shape index (κ2) is 12.1. The molecule has 0 saturated carbocycles. The number of hydrogen-bond donors (Lipinski definition) is 1. The van der Waals surface area contributed by atoms with Crippen molar-refractivity contribution in [1.29, 1.82) is 0 Å². The van der Waals surface area contributed by atoms with Crippen LogP contribution in [0.4, 0.5) is 10.6 Å². The van der Waals surface area contributed by atoms with E-state index in [0.29, 0.717) is 35.7 Å². The maximum absolute atomic E-state index is 12.6. The molecule has 4 rings (SSSR count). The summed E-state index contributed by atoms with van der Waals surface area (Å²) in [6.07, 6.45) is -0.517. The number of ether oxygens (including phenoxy) is 2. The van der Waals surface area contributed by atoms with E-state index in [1.807, 2.05) is 83.9 Å². The van der Waals surface area contributed by atoms with Gasteiger partial charge in [0.25, 0.3) is 0 Å². The van der Waals surface area contributed by atoms with Crippen molar-refractivity contribution in [1.82, 2.24) is 24.9 Å². The molecule has 11 nitrogen and oxygen atoms in total. The monoisotopic (exact) mass is 574 g/mol. The van der Waals surface area contributed by atoms with E-state index >= 15 is 0 Å². The molecule has 0 bridgehead atoms. The molecule has 11 heteroatoms. The van der Waals surface area contributed by atoms with Crippen LogP contribution in [0.1, 0.15) is 60.6 Å². The van der Waals surface area contributed by atoms with Crippen LogP contribution < -0.4 is 9.64 Å². The summed E-state index contributed by atoms with van der Waals surface area (Å²) in [5.41, 5.74) is 3.13. The summed E-state index contributed by atoms with van der Waals surface area (Å²) in [4.78, 5) is 28.0. The number of amides is 1. The molecule has 1 atom stereocenters. The van der Waals surface area contributed by atoms with E-state index in [9.17, 15) is 14.7 Å². The second-order valence-electron chi connectivity index (χ2n) is 11.4. The first kappa shape index (κ1) is 30.3. The molecule has 2 aromatic carbocycles. The van der Waals surface area contributed by atoms with Crippen molar-refractivity contribution in [2.75, 3.05) is 32.6 Å². The van der Waals surface area contributed by atoms with Crippen molar-refractivity contribution in [3.05, 3.63) is 71.0 Å². The molecule has 1 unspecified atom stereocenters. The number of carbonyl (C=O) groups is 2. The van der Waals surface area contributed by atoms with Crippen LogP contribution >= 0.6 is 0 Å². The number of carbonyl (C=O) groups excluding carboxylic acids is 1. The molecule has 0 aliphatic carbocycles. The van der Waals surface area contributed by atoms with E-state index < -0.39 is 23.8 Å². The normalized spacial score (nSPS) is 12.2. The van der Waals surface area contributed by atoms with Crippen LogP contribution in [0.15, 0.2) is 48.5 Å². The Hall–Kier alpha value is -4.67. The Morgan fingerprint density at radius 3 is 2.33 bits per heavy atom. The minimum atomic E-state index is -1.08. The molecule has 222 valence electrons. The molecule has 0 radical (unpaired) electrons. The van der Waals surface area contributed by atoms with Crippen molar-refractivity contribution in [2.45, 2.75) is 52.7 Å². The van der Waals surface area contributed by atoms with Crippen molar-refractivity contribution >= 4 is 28.8 Å². The maximum atomic E-state index is 12.6. The lowest BCUT2D eigenvalue weighted by molar-refractivity contribution is 0.0278. The lowest BCUT2D eigenvalue weighted by Gasteiger charge is -2.27. The van der Waals surface area contributed by atoms with Gasteiger partial charge in [0.1, 0.15) is 28.7 Å². The van der Waals surface area contributed by atoms with E-state index in [-0.39, 0.29) is 5.56 Å². The Morgan fingerprint density at radius 2 is 1.71 bits per heavy atom. The highest BCUT2D eigenvalue weighted by Crippen LogP contribution is 2.35. The molecule has 2 aromatic heterocycles. The van der Waals surface area contributed by atoms with Crippen molar-refractivity contribution in [3.63, 3.8) is 0 Å². The van der Waals surface area contributed by atoms with Gasteiger partial charge in [-0.15, -0.1) is 5.10 Å². The number of fused-ring (bicyclic) bond motifs is 1. The molecular weight excluding hydrogens is 536 g/mol. The predicted molar refractivity (Wildman–Crippen MR) is 161 cm³/mol. The summed E-state index contributed by atoms with van der Waals surface area (Å²) in [7, 11) is 5.43. The first-order valence-electron chi connectivity index (χ1n) is 13.7. The van der Waals surface area contributed by atoms with Crippen LogP contribution in [0.25, 0.3) is 16.6 Å². The first-order chi connectivity index (χ1) is 19.8. The summed E-state index contributed by atoms with van der Waals surface area (Å²) in [5.74, 6) is -0.118. The number of nitrogens with zero attached hydrogens (tertiary/aromatic N) is 6. The topological polar surface area (TPSA) is 123 Å². The lowest BCUT2D eigenvalue weighted by atomic mass is 10.1. The molecule has 2 heterocycles. The van der Waals surface area contributed by atoms with Crippen molar-refractivity contribution in [2.24, 2.45) is 0 Å². The highest BCUT2D eigenvalue weighted by atomic mass is 16.6. The number of carboxylic acids is 1. The molecule has 42 heavy (non-hydrogen) atoms. The molecule has 0 aliphatic rings. The number of aromatic carboxylic acids is 1. The lowest BCUT2D eigenvalue weighted by Crippen LogP contribution is -2.35. The van der Waals surface area contributed by atoms with Gasteiger partial charge < -0.3 is 24.4 Å². The van der Waals surface area contributed by atoms with Crippen LogP contribution in [0, 0.1) is 13.8 Å². The van der Waals surface area contributed by atoms with E-state index in [1.54, 1.807) is 17.8 Å². The number of aryl methyl sites for hydroxylation is 2. The van der Waals surface area contributed by atoms with E-state index in [4.69, 9.17) is 14.6 Å². The zero-order valence-corrected chi connectivity index (χ0v) is 25.4. The first-order valence-corrected chi connectivity index (χ1v) is 13.7. The Balaban J connectivity index is 1.78. The smallest absolute Gasteiger partial charge is 0.410 e. The summed E-state index contributed by atoms with van der Waals surface area (Å²) in [6, 6.07) is 14.3. The Labute approximate surface area is 245 Å². The van der Waals surface area contributed by atoms with Crippen LogP contribution in [-0.2, 0) is 4.74 Å². The van der Waals surface area contributed by atoms with Gasteiger partial charge in [0.05, 0.1) is 22.3 Å². The number of benzene rings is 2. The van der Waals surface area contributed by atoms with Gasteiger partial charge in [-0.25, -0.2) is 14.3 Å². The SMILES string of the molecule is Cc1nnc(N(C)C)c2nn(-c3ccc(C(=O)O)cc3OC(CCN(C)C(=O)OC(C)(C)C)c3ccccc3)c(C)c12. The number of hydrogen-bond acceptors (Lipinski definition) is 8. The van der Waals surface area contributed by atoms with Gasteiger partial charge in [0, 0.05) is 34.1 Å². The van der Waals surface area contributed by atoms with E-state index in [1.165, 1.54) is 17.0 Å². The Morgan fingerprint density at radius 1 is 1.02 bits per heavy atom. The highest BCUT2D eigenvalue weighted by Gasteiger charge is 2.25. The second-order valence-corrected chi connectivity index (χ2v) is 11.4.